The number of benzene rings is 1. The zero-order chi connectivity index (χ0) is 14.5. The summed E-state index contributed by atoms with van der Waals surface area (Å²) >= 11 is 1.65. The largest absolute Gasteiger partial charge is 0.491 e. The van der Waals surface area contributed by atoms with E-state index in [1.165, 1.54) is 0 Å². The lowest BCUT2D eigenvalue weighted by molar-refractivity contribution is 0.242. The highest BCUT2D eigenvalue weighted by Crippen LogP contribution is 2.26. The van der Waals surface area contributed by atoms with Crippen molar-refractivity contribution in [2.45, 2.75) is 33.8 Å². The van der Waals surface area contributed by atoms with Crippen LogP contribution in [0.1, 0.15) is 27.7 Å². The zero-order valence-corrected chi connectivity index (χ0v) is 13.3. The maximum absolute atomic E-state index is 5.65. The van der Waals surface area contributed by atoms with Crippen molar-refractivity contribution < 1.29 is 4.74 Å². The van der Waals surface area contributed by atoms with E-state index in [1.807, 2.05) is 26.0 Å². The smallest absolute Gasteiger partial charge is 0.183 e. The van der Waals surface area contributed by atoms with Crippen LogP contribution in [0.2, 0.25) is 0 Å². The Morgan fingerprint density at radius 2 is 1.85 bits per heavy atom. The van der Waals surface area contributed by atoms with Crippen molar-refractivity contribution >= 4 is 16.5 Å². The molecule has 1 N–H and O–H groups in total. The minimum Gasteiger partial charge on any atom is -0.491 e. The number of nitrogens with zero attached hydrogens (tertiary/aromatic N) is 1. The van der Waals surface area contributed by atoms with Gasteiger partial charge in [0.2, 0.25) is 0 Å². The second-order valence-corrected chi connectivity index (χ2v) is 6.36. The molecule has 0 radical (unpaired) electrons. The molecule has 1 aromatic carbocycles. The van der Waals surface area contributed by atoms with E-state index in [0.717, 1.165) is 28.7 Å². The van der Waals surface area contributed by atoms with Gasteiger partial charge < -0.3 is 10.1 Å². The van der Waals surface area contributed by atoms with Crippen LogP contribution in [0.5, 0.6) is 5.75 Å². The number of anilines is 1. The number of hydrogen-bond donors (Lipinski definition) is 1. The molecule has 0 aliphatic rings. The van der Waals surface area contributed by atoms with Crippen LogP contribution in [0.4, 0.5) is 5.13 Å². The number of thiazole rings is 1. The van der Waals surface area contributed by atoms with Crippen LogP contribution in [-0.2, 0) is 0 Å². The molecule has 0 saturated carbocycles. The van der Waals surface area contributed by atoms with Crippen molar-refractivity contribution in [3.63, 3.8) is 0 Å². The predicted octanol–water partition coefficient (Wildman–Crippen LogP) is 4.67. The molecule has 0 unspecified atom stereocenters. The summed E-state index contributed by atoms with van der Waals surface area (Å²) in [7, 11) is 0. The van der Waals surface area contributed by atoms with Crippen LogP contribution in [0.25, 0.3) is 11.3 Å². The van der Waals surface area contributed by atoms with E-state index in [1.54, 1.807) is 11.3 Å². The topological polar surface area (TPSA) is 34.2 Å². The fourth-order valence-corrected chi connectivity index (χ4v) is 2.49. The summed E-state index contributed by atoms with van der Waals surface area (Å²) in [5.74, 6) is 1.52. The molecule has 0 aliphatic heterocycles. The molecular weight excluding hydrogens is 268 g/mol. The standard InChI is InChI=1S/C16H22N2OS/c1-11(2)9-17-16-18-15(10-20-16)13-5-7-14(8-6-13)19-12(3)4/h5-8,10-12H,9H2,1-4H3,(H,17,18). The number of ether oxygens (including phenoxy) is 1. The van der Waals surface area contributed by atoms with Gasteiger partial charge in [-0.1, -0.05) is 13.8 Å². The Morgan fingerprint density at radius 1 is 1.15 bits per heavy atom. The van der Waals surface area contributed by atoms with E-state index in [9.17, 15) is 0 Å². The first-order valence-corrected chi connectivity index (χ1v) is 7.89. The molecule has 1 heterocycles. The van der Waals surface area contributed by atoms with Crippen LogP contribution in [0.15, 0.2) is 29.6 Å². The molecule has 108 valence electrons. The minimum absolute atomic E-state index is 0.201. The summed E-state index contributed by atoms with van der Waals surface area (Å²) in [5, 5.41) is 6.42. The second-order valence-electron chi connectivity index (χ2n) is 5.50. The average molecular weight is 290 g/mol. The zero-order valence-electron chi connectivity index (χ0n) is 12.5. The Kier molecular flexibility index (Phi) is 5.01. The first-order chi connectivity index (χ1) is 9.54. The Balaban J connectivity index is 2.04. The second kappa shape index (κ2) is 6.75. The quantitative estimate of drug-likeness (QED) is 0.839. The molecule has 20 heavy (non-hydrogen) atoms. The average Bonchev–Trinajstić information content (AvgIpc) is 2.85. The lowest BCUT2D eigenvalue weighted by atomic mass is 10.2. The normalized spacial score (nSPS) is 11.1. The van der Waals surface area contributed by atoms with Gasteiger partial charge in [0.15, 0.2) is 5.13 Å². The first kappa shape index (κ1) is 14.9. The Labute approximate surface area is 125 Å². The lowest BCUT2D eigenvalue weighted by Gasteiger charge is -2.09. The highest BCUT2D eigenvalue weighted by atomic mass is 32.1. The molecule has 0 saturated heterocycles. The van der Waals surface area contributed by atoms with E-state index in [-0.39, 0.29) is 6.10 Å². The first-order valence-electron chi connectivity index (χ1n) is 7.01. The molecule has 0 aliphatic carbocycles. The van der Waals surface area contributed by atoms with Gasteiger partial charge in [-0.3, -0.25) is 0 Å². The summed E-state index contributed by atoms with van der Waals surface area (Å²) in [6.45, 7) is 9.39. The van der Waals surface area contributed by atoms with Gasteiger partial charge in [-0.2, -0.15) is 0 Å². The maximum atomic E-state index is 5.65. The Bertz CT molecular complexity index is 532. The molecule has 2 rings (SSSR count). The summed E-state index contributed by atoms with van der Waals surface area (Å²) in [5.41, 5.74) is 2.13. The fraction of sp³-hybridized carbons (Fsp3) is 0.438. The monoisotopic (exact) mass is 290 g/mol. The molecule has 0 amide bonds. The van der Waals surface area contributed by atoms with Crippen molar-refractivity contribution in [1.29, 1.82) is 0 Å². The maximum Gasteiger partial charge on any atom is 0.183 e. The van der Waals surface area contributed by atoms with E-state index < -0.39 is 0 Å². The molecule has 3 nitrogen and oxygen atoms in total. The predicted molar refractivity (Wildman–Crippen MR) is 86.6 cm³/mol. The van der Waals surface area contributed by atoms with E-state index in [4.69, 9.17) is 4.74 Å². The van der Waals surface area contributed by atoms with Crippen molar-refractivity contribution in [2.75, 3.05) is 11.9 Å². The Hall–Kier alpha value is -1.55. The third kappa shape index (κ3) is 4.23. The number of aromatic nitrogens is 1. The molecule has 0 fully saturated rings. The van der Waals surface area contributed by atoms with Gasteiger partial charge in [0, 0.05) is 17.5 Å². The van der Waals surface area contributed by atoms with Gasteiger partial charge in [-0.25, -0.2) is 4.98 Å². The fourth-order valence-electron chi connectivity index (χ4n) is 1.76. The van der Waals surface area contributed by atoms with Crippen molar-refractivity contribution in [3.05, 3.63) is 29.6 Å². The van der Waals surface area contributed by atoms with Crippen LogP contribution in [0, 0.1) is 5.92 Å². The SMILES string of the molecule is CC(C)CNc1nc(-c2ccc(OC(C)C)cc2)cs1. The van der Waals surface area contributed by atoms with Gasteiger partial charge in [-0.05, 0) is 44.0 Å². The highest BCUT2D eigenvalue weighted by molar-refractivity contribution is 7.14. The number of rotatable bonds is 6. The summed E-state index contributed by atoms with van der Waals surface area (Å²) < 4.78 is 5.65. The molecule has 0 bridgehead atoms. The summed E-state index contributed by atoms with van der Waals surface area (Å²) in [6, 6.07) is 8.10. The van der Waals surface area contributed by atoms with Gasteiger partial charge >= 0.3 is 0 Å². The van der Waals surface area contributed by atoms with Crippen LogP contribution < -0.4 is 10.1 Å². The minimum atomic E-state index is 0.201. The van der Waals surface area contributed by atoms with Gasteiger partial charge in [0.1, 0.15) is 5.75 Å². The van der Waals surface area contributed by atoms with E-state index in [0.29, 0.717) is 5.92 Å². The van der Waals surface area contributed by atoms with Crippen LogP contribution in [-0.4, -0.2) is 17.6 Å². The van der Waals surface area contributed by atoms with E-state index >= 15 is 0 Å². The van der Waals surface area contributed by atoms with Crippen molar-refractivity contribution in [1.82, 2.24) is 4.98 Å². The molecule has 2 aromatic rings. The van der Waals surface area contributed by atoms with E-state index in [2.05, 4.69) is 41.7 Å². The number of nitrogens with one attached hydrogen (secondary N) is 1. The molecule has 4 heteroatoms. The van der Waals surface area contributed by atoms with Crippen molar-refractivity contribution in [3.8, 4) is 17.0 Å². The van der Waals surface area contributed by atoms with Crippen LogP contribution >= 0.6 is 11.3 Å². The third-order valence-corrected chi connectivity index (χ3v) is 3.49. The Morgan fingerprint density at radius 3 is 2.45 bits per heavy atom. The lowest BCUT2D eigenvalue weighted by Crippen LogP contribution is -2.07. The van der Waals surface area contributed by atoms with Crippen molar-refractivity contribution in [2.24, 2.45) is 5.92 Å². The molecular formula is C16H22N2OS. The van der Waals surface area contributed by atoms with Gasteiger partial charge in [-0.15, -0.1) is 11.3 Å². The molecule has 0 spiro atoms. The summed E-state index contributed by atoms with van der Waals surface area (Å²) in [6.07, 6.45) is 0.201. The third-order valence-electron chi connectivity index (χ3n) is 2.69. The molecule has 0 atom stereocenters. The highest BCUT2D eigenvalue weighted by Gasteiger charge is 2.05. The van der Waals surface area contributed by atoms with Crippen LogP contribution in [0.3, 0.4) is 0 Å². The van der Waals surface area contributed by atoms with Gasteiger partial charge in [0.25, 0.3) is 0 Å². The summed E-state index contributed by atoms with van der Waals surface area (Å²) in [4.78, 5) is 4.61. The molecule has 1 aromatic heterocycles. The number of hydrogen-bond acceptors (Lipinski definition) is 4. The van der Waals surface area contributed by atoms with Gasteiger partial charge in [0.05, 0.1) is 11.8 Å².